The van der Waals surface area contributed by atoms with Crippen LogP contribution in [0.3, 0.4) is 0 Å². The highest BCUT2D eigenvalue weighted by atomic mass is 35.5. The number of hydrogen-bond acceptors (Lipinski definition) is 4. The topological polar surface area (TPSA) is 58.4 Å². The molecule has 5 nitrogen and oxygen atoms in total. The van der Waals surface area contributed by atoms with Crippen LogP contribution in [0.5, 0.6) is 0 Å². The molecule has 1 aromatic rings. The molecule has 1 rings (SSSR count). The number of likely N-dealkylation sites (N-methyl/N-ethyl adjacent to an activating group) is 1. The first-order valence-corrected chi connectivity index (χ1v) is 6.24. The predicted octanol–water partition coefficient (Wildman–Crippen LogP) is 2.29. The molecule has 0 unspecified atom stereocenters. The summed E-state index contributed by atoms with van der Waals surface area (Å²) in [7, 11) is 2.03. The number of nitrogens with zero attached hydrogens (tertiary/aromatic N) is 2. The van der Waals surface area contributed by atoms with Gasteiger partial charge in [-0.25, -0.2) is 0 Å². The summed E-state index contributed by atoms with van der Waals surface area (Å²) in [5.74, 6) is 0. The Morgan fingerprint density at radius 1 is 1.50 bits per heavy atom. The van der Waals surface area contributed by atoms with E-state index in [2.05, 4.69) is 17.1 Å². The van der Waals surface area contributed by atoms with Gasteiger partial charge in [-0.05, 0) is 25.7 Å². The largest absolute Gasteiger partial charge is 0.311 e. The molecule has 0 bridgehead atoms. The summed E-state index contributed by atoms with van der Waals surface area (Å²) in [6.45, 7) is 5.22. The van der Waals surface area contributed by atoms with Crippen LogP contribution in [0, 0.1) is 10.1 Å². The standard InChI is InChI=1S/C12H18ClN3O2/c1-3-15(2)7-6-14-9-10-8-11(13)4-5-12(10)16(17)18/h4-5,8,14H,3,6-7,9H2,1-2H3. The normalized spacial score (nSPS) is 10.9. The highest BCUT2D eigenvalue weighted by Gasteiger charge is 2.13. The average Bonchev–Trinajstić information content (AvgIpc) is 2.34. The fraction of sp³-hybridized carbons (Fsp3) is 0.500. The van der Waals surface area contributed by atoms with Gasteiger partial charge in [-0.2, -0.15) is 0 Å². The molecular formula is C12H18ClN3O2. The van der Waals surface area contributed by atoms with Crippen LogP contribution in [0.2, 0.25) is 5.02 Å². The molecule has 1 aromatic carbocycles. The van der Waals surface area contributed by atoms with E-state index in [9.17, 15) is 10.1 Å². The average molecular weight is 272 g/mol. The lowest BCUT2D eigenvalue weighted by Crippen LogP contribution is -2.28. The van der Waals surface area contributed by atoms with Crippen LogP contribution in [-0.2, 0) is 6.54 Å². The predicted molar refractivity (Wildman–Crippen MR) is 73.0 cm³/mol. The molecule has 0 radical (unpaired) electrons. The maximum atomic E-state index is 10.8. The van der Waals surface area contributed by atoms with Crippen molar-refractivity contribution in [2.75, 3.05) is 26.7 Å². The van der Waals surface area contributed by atoms with Gasteiger partial charge in [0.05, 0.1) is 4.92 Å². The second-order valence-electron chi connectivity index (χ2n) is 4.10. The summed E-state index contributed by atoms with van der Waals surface area (Å²) in [4.78, 5) is 12.6. The van der Waals surface area contributed by atoms with Crippen molar-refractivity contribution in [1.29, 1.82) is 0 Å². The van der Waals surface area contributed by atoms with Gasteiger partial charge in [0.2, 0.25) is 0 Å². The molecule has 1 N–H and O–H groups in total. The maximum absolute atomic E-state index is 10.8. The van der Waals surface area contributed by atoms with Gasteiger partial charge in [0, 0.05) is 36.3 Å². The van der Waals surface area contributed by atoms with E-state index in [0.29, 0.717) is 17.1 Å². The molecule has 0 saturated heterocycles. The third kappa shape index (κ3) is 4.60. The van der Waals surface area contributed by atoms with Crippen molar-refractivity contribution in [2.24, 2.45) is 0 Å². The van der Waals surface area contributed by atoms with Crippen LogP contribution in [0.25, 0.3) is 0 Å². The zero-order chi connectivity index (χ0) is 13.5. The minimum Gasteiger partial charge on any atom is -0.311 e. The Bertz CT molecular complexity index is 412. The molecule has 0 atom stereocenters. The molecule has 0 aliphatic rings. The second kappa shape index (κ2) is 7.31. The quantitative estimate of drug-likeness (QED) is 0.470. The summed E-state index contributed by atoms with van der Waals surface area (Å²) in [6.07, 6.45) is 0. The zero-order valence-corrected chi connectivity index (χ0v) is 11.4. The maximum Gasteiger partial charge on any atom is 0.273 e. The van der Waals surface area contributed by atoms with Gasteiger partial charge < -0.3 is 10.2 Å². The van der Waals surface area contributed by atoms with Crippen LogP contribution >= 0.6 is 11.6 Å². The molecule has 0 aliphatic heterocycles. The highest BCUT2D eigenvalue weighted by molar-refractivity contribution is 6.30. The Balaban J connectivity index is 2.55. The van der Waals surface area contributed by atoms with Gasteiger partial charge in [0.1, 0.15) is 0 Å². The van der Waals surface area contributed by atoms with Crippen molar-refractivity contribution >= 4 is 17.3 Å². The zero-order valence-electron chi connectivity index (χ0n) is 10.6. The summed E-state index contributed by atoms with van der Waals surface area (Å²) in [5.41, 5.74) is 0.724. The Morgan fingerprint density at radius 2 is 2.22 bits per heavy atom. The Morgan fingerprint density at radius 3 is 2.83 bits per heavy atom. The van der Waals surface area contributed by atoms with Crippen LogP contribution in [0.4, 0.5) is 5.69 Å². The second-order valence-corrected chi connectivity index (χ2v) is 4.54. The van der Waals surface area contributed by atoms with E-state index < -0.39 is 0 Å². The lowest BCUT2D eigenvalue weighted by Gasteiger charge is -2.14. The van der Waals surface area contributed by atoms with Gasteiger partial charge in [-0.3, -0.25) is 10.1 Å². The SMILES string of the molecule is CCN(C)CCNCc1cc(Cl)ccc1[N+](=O)[O-]. The van der Waals surface area contributed by atoms with Crippen molar-refractivity contribution in [3.63, 3.8) is 0 Å². The first-order chi connectivity index (χ1) is 8.54. The third-order valence-corrected chi connectivity index (χ3v) is 3.00. The van der Waals surface area contributed by atoms with E-state index in [-0.39, 0.29) is 10.6 Å². The molecule has 18 heavy (non-hydrogen) atoms. The molecule has 0 aliphatic carbocycles. The number of nitro groups is 1. The number of nitro benzene ring substituents is 1. The Hall–Kier alpha value is -1.17. The van der Waals surface area contributed by atoms with Crippen LogP contribution in [0.1, 0.15) is 12.5 Å². The molecule has 0 saturated carbocycles. The molecule has 0 fully saturated rings. The highest BCUT2D eigenvalue weighted by Crippen LogP contribution is 2.22. The molecule has 0 spiro atoms. The molecule has 0 aromatic heterocycles. The van der Waals surface area contributed by atoms with Gasteiger partial charge >= 0.3 is 0 Å². The molecular weight excluding hydrogens is 254 g/mol. The summed E-state index contributed by atoms with van der Waals surface area (Å²) < 4.78 is 0. The van der Waals surface area contributed by atoms with E-state index >= 15 is 0 Å². The summed E-state index contributed by atoms with van der Waals surface area (Å²) >= 11 is 5.85. The lowest BCUT2D eigenvalue weighted by atomic mass is 10.2. The number of rotatable bonds is 7. The summed E-state index contributed by atoms with van der Waals surface area (Å²) in [5, 5.41) is 14.5. The van der Waals surface area contributed by atoms with E-state index in [4.69, 9.17) is 11.6 Å². The van der Waals surface area contributed by atoms with Crippen molar-refractivity contribution in [3.05, 3.63) is 38.9 Å². The molecule has 0 heterocycles. The van der Waals surface area contributed by atoms with Gasteiger partial charge in [0.15, 0.2) is 0 Å². The first-order valence-electron chi connectivity index (χ1n) is 5.86. The minimum atomic E-state index is -0.383. The van der Waals surface area contributed by atoms with E-state index in [1.54, 1.807) is 6.07 Å². The van der Waals surface area contributed by atoms with Crippen LogP contribution < -0.4 is 5.32 Å². The summed E-state index contributed by atoms with van der Waals surface area (Å²) in [6, 6.07) is 4.61. The van der Waals surface area contributed by atoms with Gasteiger partial charge in [-0.15, -0.1) is 0 Å². The van der Waals surface area contributed by atoms with E-state index in [0.717, 1.165) is 19.6 Å². The van der Waals surface area contributed by atoms with Crippen molar-refractivity contribution in [1.82, 2.24) is 10.2 Å². The fourth-order valence-corrected chi connectivity index (χ4v) is 1.72. The van der Waals surface area contributed by atoms with Crippen LogP contribution in [0.15, 0.2) is 18.2 Å². The van der Waals surface area contributed by atoms with Gasteiger partial charge in [0.25, 0.3) is 5.69 Å². The molecule has 100 valence electrons. The monoisotopic (exact) mass is 271 g/mol. The fourth-order valence-electron chi connectivity index (χ4n) is 1.52. The van der Waals surface area contributed by atoms with Crippen molar-refractivity contribution in [3.8, 4) is 0 Å². The number of nitrogens with one attached hydrogen (secondary N) is 1. The number of halogens is 1. The first kappa shape index (κ1) is 14.9. The van der Waals surface area contributed by atoms with Crippen LogP contribution in [-0.4, -0.2) is 36.5 Å². The smallest absolute Gasteiger partial charge is 0.273 e. The van der Waals surface area contributed by atoms with Gasteiger partial charge in [-0.1, -0.05) is 18.5 Å². The van der Waals surface area contributed by atoms with E-state index in [1.165, 1.54) is 12.1 Å². The van der Waals surface area contributed by atoms with Crippen molar-refractivity contribution < 1.29 is 4.92 Å². The molecule has 6 heteroatoms. The molecule has 0 amide bonds. The Kier molecular flexibility index (Phi) is 6.04. The van der Waals surface area contributed by atoms with Crippen molar-refractivity contribution in [2.45, 2.75) is 13.5 Å². The third-order valence-electron chi connectivity index (χ3n) is 2.76. The number of benzene rings is 1. The lowest BCUT2D eigenvalue weighted by molar-refractivity contribution is -0.385. The van der Waals surface area contributed by atoms with E-state index in [1.807, 2.05) is 7.05 Å². The minimum absolute atomic E-state index is 0.107. The number of hydrogen-bond donors (Lipinski definition) is 1. The Labute approximate surface area is 112 Å².